The summed E-state index contributed by atoms with van der Waals surface area (Å²) in [6, 6.07) is 21.0. The minimum absolute atomic E-state index is 0.665. The lowest BCUT2D eigenvalue weighted by Crippen LogP contribution is -2.14. The van der Waals surface area contributed by atoms with Crippen molar-refractivity contribution >= 4 is 5.71 Å². The summed E-state index contributed by atoms with van der Waals surface area (Å²) in [6.07, 6.45) is 5.34. The fraction of sp³-hybridized carbons (Fsp3) is 0.409. The highest BCUT2D eigenvalue weighted by Gasteiger charge is 2.05. The van der Waals surface area contributed by atoms with Gasteiger partial charge in [0.05, 0.1) is 5.71 Å². The lowest BCUT2D eigenvalue weighted by Gasteiger charge is -2.10. The van der Waals surface area contributed by atoms with Crippen molar-refractivity contribution in [3.8, 4) is 0 Å². The number of hydrogen-bond acceptors (Lipinski definition) is 3. The second-order valence-electron chi connectivity index (χ2n) is 6.59. The van der Waals surface area contributed by atoms with E-state index in [1.165, 1.54) is 5.56 Å². The average molecular weight is 338 g/mol. The highest BCUT2D eigenvalue weighted by molar-refractivity contribution is 6.00. The van der Waals surface area contributed by atoms with Gasteiger partial charge in [-0.25, -0.2) is 0 Å². The van der Waals surface area contributed by atoms with E-state index in [4.69, 9.17) is 4.84 Å². The summed E-state index contributed by atoms with van der Waals surface area (Å²) in [5.41, 5.74) is 3.62. The molecule has 0 radical (unpaired) electrons. The van der Waals surface area contributed by atoms with Crippen LogP contribution in [-0.4, -0.2) is 37.9 Å². The van der Waals surface area contributed by atoms with Crippen molar-refractivity contribution in [3.63, 3.8) is 0 Å². The Bertz CT molecular complexity index is 608. The highest BCUT2D eigenvalue weighted by Crippen LogP contribution is 2.11. The van der Waals surface area contributed by atoms with Gasteiger partial charge in [-0.2, -0.15) is 0 Å². The minimum Gasteiger partial charge on any atom is -0.396 e. The van der Waals surface area contributed by atoms with Gasteiger partial charge >= 0.3 is 0 Å². The smallest absolute Gasteiger partial charge is 0.118 e. The molecule has 0 saturated carbocycles. The molecule has 0 heterocycles. The van der Waals surface area contributed by atoms with Crippen molar-refractivity contribution in [2.45, 2.75) is 32.1 Å². The summed E-state index contributed by atoms with van der Waals surface area (Å²) < 4.78 is 0. The van der Waals surface area contributed by atoms with Crippen molar-refractivity contribution < 1.29 is 4.84 Å². The number of unbranched alkanes of at least 4 members (excludes halogenated alkanes) is 1. The van der Waals surface area contributed by atoms with E-state index in [0.717, 1.165) is 49.9 Å². The first-order valence-corrected chi connectivity index (χ1v) is 9.18. The number of nitrogens with zero attached hydrogens (tertiary/aromatic N) is 2. The molecule has 25 heavy (non-hydrogen) atoms. The van der Waals surface area contributed by atoms with E-state index in [0.29, 0.717) is 6.61 Å². The molecule has 2 aromatic carbocycles. The Morgan fingerprint density at radius 3 is 2.24 bits per heavy atom. The highest BCUT2D eigenvalue weighted by atomic mass is 16.6. The Morgan fingerprint density at radius 2 is 1.56 bits per heavy atom. The van der Waals surface area contributed by atoms with Crippen LogP contribution in [0.25, 0.3) is 0 Å². The van der Waals surface area contributed by atoms with Gasteiger partial charge in [0.15, 0.2) is 0 Å². The molecule has 0 spiro atoms. The van der Waals surface area contributed by atoms with E-state index in [9.17, 15) is 0 Å². The lowest BCUT2D eigenvalue weighted by molar-refractivity contribution is 0.134. The Labute approximate surface area is 152 Å². The molecule has 2 aromatic rings. The molecule has 0 aromatic heterocycles. The van der Waals surface area contributed by atoms with Crippen LogP contribution >= 0.6 is 0 Å². The maximum Gasteiger partial charge on any atom is 0.118 e. The first-order valence-electron chi connectivity index (χ1n) is 9.18. The molecule has 0 aliphatic heterocycles. The molecule has 0 bridgehead atoms. The molecule has 0 fully saturated rings. The number of aryl methyl sites for hydroxylation is 1. The topological polar surface area (TPSA) is 24.8 Å². The van der Waals surface area contributed by atoms with E-state index in [-0.39, 0.29) is 0 Å². The number of benzene rings is 2. The Hall–Kier alpha value is -2.13. The molecule has 134 valence electrons. The third-order valence-electron chi connectivity index (χ3n) is 4.09. The third-order valence-corrected chi connectivity index (χ3v) is 4.09. The van der Waals surface area contributed by atoms with Crippen LogP contribution in [0, 0.1) is 0 Å². The van der Waals surface area contributed by atoms with E-state index < -0.39 is 0 Å². The maximum atomic E-state index is 5.58. The predicted octanol–water partition coefficient (Wildman–Crippen LogP) is 4.77. The summed E-state index contributed by atoms with van der Waals surface area (Å²) >= 11 is 0. The standard InChI is InChI=1S/C22H30N2O/c1-24(2)18-11-19-25-23-22(21-15-7-4-8-16-21)17-10-9-14-20-12-5-3-6-13-20/h3-8,12-13,15-16H,9-11,14,17-19H2,1-2H3. The first kappa shape index (κ1) is 19.2. The largest absolute Gasteiger partial charge is 0.396 e. The van der Waals surface area contributed by atoms with E-state index in [1.54, 1.807) is 0 Å². The van der Waals surface area contributed by atoms with Gasteiger partial charge in [0, 0.05) is 6.54 Å². The molecule has 0 N–H and O–H groups in total. The van der Waals surface area contributed by atoms with E-state index in [2.05, 4.69) is 78.7 Å². The third kappa shape index (κ3) is 7.99. The van der Waals surface area contributed by atoms with Crippen molar-refractivity contribution in [3.05, 3.63) is 71.8 Å². The van der Waals surface area contributed by atoms with Crippen LogP contribution in [0.1, 0.15) is 36.8 Å². The van der Waals surface area contributed by atoms with Crippen molar-refractivity contribution in [2.24, 2.45) is 5.16 Å². The van der Waals surface area contributed by atoms with Gasteiger partial charge in [-0.3, -0.25) is 0 Å². The van der Waals surface area contributed by atoms with Crippen LogP contribution in [0.15, 0.2) is 65.8 Å². The van der Waals surface area contributed by atoms with Gasteiger partial charge in [-0.15, -0.1) is 0 Å². The fourth-order valence-corrected chi connectivity index (χ4v) is 2.71. The summed E-state index contributed by atoms with van der Waals surface area (Å²) in [6.45, 7) is 1.69. The van der Waals surface area contributed by atoms with Crippen molar-refractivity contribution in [1.29, 1.82) is 0 Å². The summed E-state index contributed by atoms with van der Waals surface area (Å²) in [7, 11) is 4.15. The zero-order valence-corrected chi connectivity index (χ0v) is 15.5. The van der Waals surface area contributed by atoms with Crippen LogP contribution < -0.4 is 0 Å². The Morgan fingerprint density at radius 1 is 0.880 bits per heavy atom. The van der Waals surface area contributed by atoms with Gasteiger partial charge in [0.1, 0.15) is 6.61 Å². The SMILES string of the molecule is CN(C)CCCON=C(CCCCc1ccccc1)c1ccccc1. The van der Waals surface area contributed by atoms with Crippen LogP contribution in [0.3, 0.4) is 0 Å². The van der Waals surface area contributed by atoms with Crippen molar-refractivity contribution in [1.82, 2.24) is 4.90 Å². The molecule has 0 aliphatic rings. The molecule has 0 aliphatic carbocycles. The molecule has 2 rings (SSSR count). The van der Waals surface area contributed by atoms with Crippen LogP contribution in [0.2, 0.25) is 0 Å². The van der Waals surface area contributed by atoms with Gasteiger partial charge in [-0.1, -0.05) is 65.8 Å². The average Bonchev–Trinajstić information content (AvgIpc) is 2.64. The van der Waals surface area contributed by atoms with Gasteiger partial charge in [0.25, 0.3) is 0 Å². The number of rotatable bonds is 11. The second-order valence-corrected chi connectivity index (χ2v) is 6.59. The molecule has 0 amide bonds. The van der Waals surface area contributed by atoms with Crippen LogP contribution in [-0.2, 0) is 11.3 Å². The molecule has 3 heteroatoms. The number of oxime groups is 1. The Balaban J connectivity index is 1.82. The van der Waals surface area contributed by atoms with E-state index >= 15 is 0 Å². The fourth-order valence-electron chi connectivity index (χ4n) is 2.71. The number of hydrogen-bond donors (Lipinski definition) is 0. The van der Waals surface area contributed by atoms with Gasteiger partial charge in [-0.05, 0) is 57.3 Å². The van der Waals surface area contributed by atoms with E-state index in [1.807, 2.05) is 6.07 Å². The lowest BCUT2D eigenvalue weighted by atomic mass is 10.0. The summed E-state index contributed by atoms with van der Waals surface area (Å²) in [5, 5.41) is 4.43. The monoisotopic (exact) mass is 338 g/mol. The molecule has 0 unspecified atom stereocenters. The van der Waals surface area contributed by atoms with Crippen LogP contribution in [0.5, 0.6) is 0 Å². The summed E-state index contributed by atoms with van der Waals surface area (Å²) in [5.74, 6) is 0. The molecular formula is C22H30N2O. The van der Waals surface area contributed by atoms with Crippen molar-refractivity contribution in [2.75, 3.05) is 27.2 Å². The Kier molecular flexibility index (Phi) is 8.78. The molecule has 0 saturated heterocycles. The minimum atomic E-state index is 0.665. The molecule has 3 nitrogen and oxygen atoms in total. The zero-order valence-electron chi connectivity index (χ0n) is 15.5. The zero-order chi connectivity index (χ0) is 17.7. The first-order chi connectivity index (χ1) is 12.3. The second kappa shape index (κ2) is 11.4. The molecule has 0 atom stereocenters. The van der Waals surface area contributed by atoms with Crippen LogP contribution in [0.4, 0.5) is 0 Å². The maximum absolute atomic E-state index is 5.58. The van der Waals surface area contributed by atoms with Gasteiger partial charge < -0.3 is 9.74 Å². The summed E-state index contributed by atoms with van der Waals surface area (Å²) in [4.78, 5) is 7.74. The predicted molar refractivity (Wildman–Crippen MR) is 106 cm³/mol. The molecular weight excluding hydrogens is 308 g/mol. The quantitative estimate of drug-likeness (QED) is 0.335. The van der Waals surface area contributed by atoms with Gasteiger partial charge in [0.2, 0.25) is 0 Å². The normalized spacial score (nSPS) is 11.7.